The van der Waals surface area contributed by atoms with E-state index in [2.05, 4.69) is 18.2 Å². The standard InChI is InChI=1S/C12H21N3O/c1-2-12(13)10-8-14-15(9-10)6-5-11-4-3-7-16-11/h8-9,11-12H,2-7,13H2,1H3. The molecule has 1 aliphatic heterocycles. The molecule has 16 heavy (non-hydrogen) atoms. The molecule has 1 aliphatic rings. The number of hydrogen-bond donors (Lipinski definition) is 1. The summed E-state index contributed by atoms with van der Waals surface area (Å²) in [6, 6.07) is 0.122. The van der Waals surface area contributed by atoms with Gasteiger partial charge in [0.1, 0.15) is 0 Å². The molecule has 0 bridgehead atoms. The summed E-state index contributed by atoms with van der Waals surface area (Å²) in [5, 5.41) is 4.33. The van der Waals surface area contributed by atoms with Crippen molar-refractivity contribution in [2.75, 3.05) is 6.61 Å². The summed E-state index contributed by atoms with van der Waals surface area (Å²) in [4.78, 5) is 0. The Labute approximate surface area is 96.8 Å². The molecule has 2 N–H and O–H groups in total. The van der Waals surface area contributed by atoms with Gasteiger partial charge in [0.25, 0.3) is 0 Å². The van der Waals surface area contributed by atoms with E-state index >= 15 is 0 Å². The summed E-state index contributed by atoms with van der Waals surface area (Å²) in [6.07, 6.45) is 8.79. The van der Waals surface area contributed by atoms with Gasteiger partial charge in [0.2, 0.25) is 0 Å². The lowest BCUT2D eigenvalue weighted by atomic mass is 10.1. The van der Waals surface area contributed by atoms with Crippen molar-refractivity contribution >= 4 is 0 Å². The Morgan fingerprint density at radius 2 is 2.56 bits per heavy atom. The second-order valence-corrected chi connectivity index (χ2v) is 4.48. The summed E-state index contributed by atoms with van der Waals surface area (Å²) in [6.45, 7) is 3.95. The maximum absolute atomic E-state index is 5.95. The Balaban J connectivity index is 1.82. The van der Waals surface area contributed by atoms with Crippen molar-refractivity contribution in [3.63, 3.8) is 0 Å². The molecule has 1 fully saturated rings. The molecule has 0 radical (unpaired) electrons. The zero-order chi connectivity index (χ0) is 11.4. The summed E-state index contributed by atoms with van der Waals surface area (Å²) >= 11 is 0. The predicted octanol–water partition coefficient (Wildman–Crippen LogP) is 1.86. The van der Waals surface area contributed by atoms with Crippen molar-refractivity contribution in [3.05, 3.63) is 18.0 Å². The van der Waals surface area contributed by atoms with Crippen LogP contribution in [0.15, 0.2) is 12.4 Å². The zero-order valence-corrected chi connectivity index (χ0v) is 9.93. The number of hydrogen-bond acceptors (Lipinski definition) is 3. The molecule has 2 rings (SSSR count). The highest BCUT2D eigenvalue weighted by Gasteiger charge is 2.15. The number of aryl methyl sites for hydroxylation is 1. The summed E-state index contributed by atoms with van der Waals surface area (Å²) < 4.78 is 7.56. The first-order valence-electron chi connectivity index (χ1n) is 6.19. The van der Waals surface area contributed by atoms with Gasteiger partial charge < -0.3 is 10.5 Å². The summed E-state index contributed by atoms with van der Waals surface area (Å²) in [5.41, 5.74) is 7.08. The van der Waals surface area contributed by atoms with E-state index in [0.29, 0.717) is 6.10 Å². The lowest BCUT2D eigenvalue weighted by Gasteiger charge is -2.08. The van der Waals surface area contributed by atoms with Crippen LogP contribution in [0.5, 0.6) is 0 Å². The highest BCUT2D eigenvalue weighted by atomic mass is 16.5. The summed E-state index contributed by atoms with van der Waals surface area (Å²) in [5.74, 6) is 0. The first-order valence-corrected chi connectivity index (χ1v) is 6.19. The normalized spacial score (nSPS) is 22.5. The molecule has 0 spiro atoms. The van der Waals surface area contributed by atoms with Gasteiger partial charge in [-0.15, -0.1) is 0 Å². The lowest BCUT2D eigenvalue weighted by molar-refractivity contribution is 0.0994. The molecule has 4 heteroatoms. The van der Waals surface area contributed by atoms with Gasteiger partial charge in [-0.3, -0.25) is 4.68 Å². The van der Waals surface area contributed by atoms with Crippen molar-refractivity contribution in [2.45, 2.75) is 51.3 Å². The van der Waals surface area contributed by atoms with Crippen LogP contribution < -0.4 is 5.73 Å². The number of nitrogens with two attached hydrogens (primary N) is 1. The fourth-order valence-corrected chi connectivity index (χ4v) is 2.08. The first kappa shape index (κ1) is 11.6. The number of nitrogens with zero attached hydrogens (tertiary/aromatic N) is 2. The average Bonchev–Trinajstić information content (AvgIpc) is 2.96. The first-order chi connectivity index (χ1) is 7.79. The minimum absolute atomic E-state index is 0.122. The van der Waals surface area contributed by atoms with Crippen LogP contribution in [0.25, 0.3) is 0 Å². The molecule has 0 aliphatic carbocycles. The van der Waals surface area contributed by atoms with Crippen LogP contribution in [0, 0.1) is 0 Å². The van der Waals surface area contributed by atoms with E-state index in [4.69, 9.17) is 10.5 Å². The molecule has 2 heterocycles. The maximum Gasteiger partial charge on any atom is 0.0593 e. The average molecular weight is 223 g/mol. The largest absolute Gasteiger partial charge is 0.378 e. The number of aromatic nitrogens is 2. The zero-order valence-electron chi connectivity index (χ0n) is 9.93. The van der Waals surface area contributed by atoms with Gasteiger partial charge >= 0.3 is 0 Å². The van der Waals surface area contributed by atoms with Gasteiger partial charge in [0.05, 0.1) is 12.3 Å². The third kappa shape index (κ3) is 2.83. The van der Waals surface area contributed by atoms with Crippen LogP contribution in [0.1, 0.15) is 44.2 Å². The molecule has 1 saturated heterocycles. The Morgan fingerprint density at radius 1 is 1.69 bits per heavy atom. The van der Waals surface area contributed by atoms with Gasteiger partial charge in [0, 0.05) is 31.0 Å². The van der Waals surface area contributed by atoms with E-state index in [1.54, 1.807) is 0 Å². The van der Waals surface area contributed by atoms with E-state index in [1.165, 1.54) is 12.8 Å². The molecular formula is C12H21N3O. The van der Waals surface area contributed by atoms with Gasteiger partial charge in [-0.25, -0.2) is 0 Å². The highest BCUT2D eigenvalue weighted by Crippen LogP contribution is 2.17. The molecule has 1 aromatic rings. The van der Waals surface area contributed by atoms with Crippen molar-refractivity contribution < 1.29 is 4.74 Å². The Bertz CT molecular complexity index is 318. The maximum atomic E-state index is 5.95. The van der Waals surface area contributed by atoms with Crippen LogP contribution >= 0.6 is 0 Å². The van der Waals surface area contributed by atoms with Gasteiger partial charge in [0.15, 0.2) is 0 Å². The number of rotatable bonds is 5. The van der Waals surface area contributed by atoms with Crippen molar-refractivity contribution in [1.82, 2.24) is 9.78 Å². The van der Waals surface area contributed by atoms with Crippen molar-refractivity contribution in [3.8, 4) is 0 Å². The summed E-state index contributed by atoms with van der Waals surface area (Å²) in [7, 11) is 0. The third-order valence-corrected chi connectivity index (χ3v) is 3.23. The van der Waals surface area contributed by atoms with E-state index in [-0.39, 0.29) is 6.04 Å². The van der Waals surface area contributed by atoms with Crippen LogP contribution in [0.4, 0.5) is 0 Å². The third-order valence-electron chi connectivity index (χ3n) is 3.23. The van der Waals surface area contributed by atoms with Crippen LogP contribution in [0.3, 0.4) is 0 Å². The number of ether oxygens (including phenoxy) is 1. The minimum Gasteiger partial charge on any atom is -0.378 e. The van der Waals surface area contributed by atoms with Gasteiger partial charge in [-0.1, -0.05) is 6.92 Å². The monoisotopic (exact) mass is 223 g/mol. The molecule has 4 nitrogen and oxygen atoms in total. The SMILES string of the molecule is CCC(N)c1cnn(CCC2CCCO2)c1. The van der Waals surface area contributed by atoms with Crippen LogP contribution in [-0.2, 0) is 11.3 Å². The molecule has 0 aromatic carbocycles. The lowest BCUT2D eigenvalue weighted by Crippen LogP contribution is -2.10. The Kier molecular flexibility index (Phi) is 3.96. The van der Waals surface area contributed by atoms with Gasteiger partial charge in [-0.05, 0) is 25.7 Å². The second kappa shape index (κ2) is 5.46. The highest BCUT2D eigenvalue weighted by molar-refractivity contribution is 5.09. The second-order valence-electron chi connectivity index (χ2n) is 4.48. The quantitative estimate of drug-likeness (QED) is 0.829. The molecule has 0 amide bonds. The Hall–Kier alpha value is -0.870. The fraction of sp³-hybridized carbons (Fsp3) is 0.750. The fourth-order valence-electron chi connectivity index (χ4n) is 2.08. The van der Waals surface area contributed by atoms with Crippen molar-refractivity contribution in [2.24, 2.45) is 5.73 Å². The molecule has 1 aromatic heterocycles. The van der Waals surface area contributed by atoms with E-state index < -0.39 is 0 Å². The van der Waals surface area contributed by atoms with Gasteiger partial charge in [-0.2, -0.15) is 5.10 Å². The predicted molar refractivity (Wildman–Crippen MR) is 63.0 cm³/mol. The minimum atomic E-state index is 0.122. The van der Waals surface area contributed by atoms with Crippen LogP contribution in [-0.4, -0.2) is 22.5 Å². The topological polar surface area (TPSA) is 53.1 Å². The smallest absolute Gasteiger partial charge is 0.0593 e. The van der Waals surface area contributed by atoms with Crippen LogP contribution in [0.2, 0.25) is 0 Å². The molecule has 90 valence electrons. The molecule has 0 saturated carbocycles. The van der Waals surface area contributed by atoms with E-state index in [9.17, 15) is 0 Å². The van der Waals surface area contributed by atoms with E-state index in [0.717, 1.165) is 31.6 Å². The molecule has 2 unspecified atom stereocenters. The molecular weight excluding hydrogens is 202 g/mol. The molecule has 2 atom stereocenters. The Morgan fingerprint density at radius 3 is 3.25 bits per heavy atom. The van der Waals surface area contributed by atoms with E-state index in [1.807, 2.05) is 10.9 Å². The van der Waals surface area contributed by atoms with Crippen molar-refractivity contribution in [1.29, 1.82) is 0 Å².